The van der Waals surface area contributed by atoms with E-state index in [0.29, 0.717) is 9.39 Å². The lowest BCUT2D eigenvalue weighted by molar-refractivity contribution is 0.377. The van der Waals surface area contributed by atoms with E-state index >= 15 is 0 Å². The number of hydrogen-bond acceptors (Lipinski definition) is 6. The van der Waals surface area contributed by atoms with Crippen LogP contribution in [-0.4, -0.2) is 36.8 Å². The molecule has 10 heteroatoms. The quantitative estimate of drug-likeness (QED) is 0.434. The van der Waals surface area contributed by atoms with Crippen LogP contribution in [0.5, 0.6) is 6.01 Å². The van der Waals surface area contributed by atoms with Crippen molar-refractivity contribution in [1.29, 1.82) is 0 Å². The van der Waals surface area contributed by atoms with Crippen LogP contribution in [0.4, 0.5) is 5.95 Å². The zero-order chi connectivity index (χ0) is 16.2. The maximum absolute atomic E-state index is 12.1. The van der Waals surface area contributed by atoms with Gasteiger partial charge in [-0.25, -0.2) is 0 Å². The van der Waals surface area contributed by atoms with Crippen LogP contribution in [0, 0.1) is 10.5 Å². The highest BCUT2D eigenvalue weighted by atomic mass is 127. The van der Waals surface area contributed by atoms with Gasteiger partial charge in [0.15, 0.2) is 0 Å². The molecule has 0 saturated heterocycles. The molecule has 22 heavy (non-hydrogen) atoms. The monoisotopic (exact) mass is 433 g/mol. The van der Waals surface area contributed by atoms with E-state index in [1.54, 1.807) is 25.1 Å². The number of aryl methyl sites for hydroxylation is 1. The maximum atomic E-state index is 12.1. The molecule has 1 heterocycles. The Kier molecular flexibility index (Phi) is 5.24. The predicted molar refractivity (Wildman–Crippen MR) is 89.6 cm³/mol. The zero-order valence-electron chi connectivity index (χ0n) is 11.7. The van der Waals surface area contributed by atoms with Gasteiger partial charge in [-0.15, -0.1) is 4.40 Å². The van der Waals surface area contributed by atoms with Crippen LogP contribution in [0.25, 0.3) is 0 Å². The Morgan fingerprint density at radius 2 is 2.00 bits per heavy atom. The van der Waals surface area contributed by atoms with Crippen LogP contribution in [-0.2, 0) is 10.0 Å². The zero-order valence-corrected chi connectivity index (χ0v) is 14.7. The second-order valence-corrected chi connectivity index (χ2v) is 6.74. The largest absolute Gasteiger partial charge is 0.467 e. The first-order valence-electron chi connectivity index (χ1n) is 5.99. The normalized spacial score (nSPS) is 11.6. The number of rotatable bonds is 5. The summed E-state index contributed by atoms with van der Waals surface area (Å²) in [5, 5.41) is 2.59. The summed E-state index contributed by atoms with van der Waals surface area (Å²) in [5.41, 5.74) is 0. The summed E-state index contributed by atoms with van der Waals surface area (Å²) < 4.78 is 33.3. The molecule has 0 saturated carbocycles. The Morgan fingerprint density at radius 3 is 2.68 bits per heavy atom. The van der Waals surface area contributed by atoms with E-state index in [2.05, 4.69) is 24.7 Å². The molecule has 116 valence electrons. The molecular formula is C12H12IN5O3S. The van der Waals surface area contributed by atoms with Crippen molar-refractivity contribution < 1.29 is 13.2 Å². The Bertz CT molecular complexity index is 810. The summed E-state index contributed by atoms with van der Waals surface area (Å²) in [5.74, 6) is 0.578. The highest BCUT2D eigenvalue weighted by Gasteiger charge is 2.14. The lowest BCUT2D eigenvalue weighted by Crippen LogP contribution is -2.07. The second kappa shape index (κ2) is 6.96. The molecule has 1 aromatic carbocycles. The highest BCUT2D eigenvalue weighted by molar-refractivity contribution is 14.1. The average Bonchev–Trinajstić information content (AvgIpc) is 2.46. The Balaban J connectivity index is 2.19. The fourth-order valence-corrected chi connectivity index (χ4v) is 3.57. The minimum absolute atomic E-state index is 0.129. The summed E-state index contributed by atoms with van der Waals surface area (Å²) in [6.45, 7) is 1.66. The summed E-state index contributed by atoms with van der Waals surface area (Å²) in [7, 11) is -2.36. The van der Waals surface area contributed by atoms with Crippen molar-refractivity contribution in [1.82, 2.24) is 15.0 Å². The average molecular weight is 433 g/mol. The minimum Gasteiger partial charge on any atom is -0.467 e. The van der Waals surface area contributed by atoms with Crippen LogP contribution >= 0.6 is 22.6 Å². The Hall–Kier alpha value is -1.82. The molecule has 2 aromatic rings. The molecule has 0 spiro atoms. The van der Waals surface area contributed by atoms with Gasteiger partial charge in [-0.05, 0) is 41.6 Å². The molecule has 0 aliphatic carbocycles. The first-order chi connectivity index (χ1) is 10.4. The Labute approximate surface area is 141 Å². The van der Waals surface area contributed by atoms with Crippen LogP contribution < -0.4 is 10.1 Å². The number of benzene rings is 1. The fourth-order valence-electron chi connectivity index (χ4n) is 1.48. The number of sulfonamides is 1. The van der Waals surface area contributed by atoms with Crippen molar-refractivity contribution in [3.05, 3.63) is 33.7 Å². The number of nitrogens with zero attached hydrogens (tertiary/aromatic N) is 4. The first kappa shape index (κ1) is 16.5. The number of methoxy groups -OCH3 is 1. The number of anilines is 1. The molecule has 1 aromatic heterocycles. The summed E-state index contributed by atoms with van der Waals surface area (Å²) in [6, 6.07) is 6.70. The smallest absolute Gasteiger partial charge is 0.321 e. The van der Waals surface area contributed by atoms with Crippen LogP contribution in [0.2, 0.25) is 0 Å². The fraction of sp³-hybridized carbons (Fsp3) is 0.167. The standard InChI is InChI=1S/C12H12IN5O3S/c1-8-16-11(18-12(17-8)21-2)14-7-15-22(19,20)10-6-4-3-5-9(10)13/h3-7H,1-2H3,(H,14,15,16,17,18). The van der Waals surface area contributed by atoms with E-state index < -0.39 is 10.0 Å². The van der Waals surface area contributed by atoms with Gasteiger partial charge in [-0.2, -0.15) is 23.4 Å². The lowest BCUT2D eigenvalue weighted by atomic mass is 10.4. The number of ether oxygens (including phenoxy) is 1. The van der Waals surface area contributed by atoms with Crippen molar-refractivity contribution in [2.24, 2.45) is 4.40 Å². The third-order valence-electron chi connectivity index (χ3n) is 2.41. The van der Waals surface area contributed by atoms with Crippen molar-refractivity contribution in [3.8, 4) is 6.01 Å². The molecule has 0 unspecified atom stereocenters. The second-order valence-electron chi connectivity index (χ2n) is 3.98. The summed E-state index contributed by atoms with van der Waals surface area (Å²) >= 11 is 1.94. The number of aromatic nitrogens is 3. The van der Waals surface area contributed by atoms with Crippen molar-refractivity contribution in [2.75, 3.05) is 12.4 Å². The van der Waals surface area contributed by atoms with E-state index in [0.717, 1.165) is 6.34 Å². The third-order valence-corrected chi connectivity index (χ3v) is 5.01. The summed E-state index contributed by atoms with van der Waals surface area (Å²) in [6.07, 6.45) is 1.02. The van der Waals surface area contributed by atoms with Gasteiger partial charge in [0.1, 0.15) is 17.1 Å². The van der Waals surface area contributed by atoms with E-state index in [9.17, 15) is 8.42 Å². The molecule has 0 fully saturated rings. The molecule has 8 nitrogen and oxygen atoms in total. The number of hydrogen-bond donors (Lipinski definition) is 1. The molecule has 1 N–H and O–H groups in total. The van der Waals surface area contributed by atoms with Gasteiger partial charge in [0.05, 0.1) is 7.11 Å². The van der Waals surface area contributed by atoms with Crippen molar-refractivity contribution >= 4 is 44.9 Å². The minimum atomic E-state index is -3.79. The lowest BCUT2D eigenvalue weighted by Gasteiger charge is -2.03. The van der Waals surface area contributed by atoms with Crippen LogP contribution in [0.3, 0.4) is 0 Å². The van der Waals surface area contributed by atoms with Gasteiger partial charge in [0.2, 0.25) is 5.95 Å². The topological polar surface area (TPSA) is 106 Å². The van der Waals surface area contributed by atoms with Crippen LogP contribution in [0.1, 0.15) is 5.82 Å². The molecule has 0 aliphatic heterocycles. The van der Waals surface area contributed by atoms with Gasteiger partial charge in [-0.1, -0.05) is 12.1 Å². The molecule has 0 bridgehead atoms. The van der Waals surface area contributed by atoms with Crippen molar-refractivity contribution in [2.45, 2.75) is 11.8 Å². The van der Waals surface area contributed by atoms with Gasteiger partial charge in [-0.3, -0.25) is 0 Å². The molecule has 2 rings (SSSR count). The first-order valence-corrected chi connectivity index (χ1v) is 8.51. The number of nitrogens with one attached hydrogen (secondary N) is 1. The molecule has 0 aliphatic rings. The Morgan fingerprint density at radius 1 is 1.27 bits per heavy atom. The maximum Gasteiger partial charge on any atom is 0.321 e. The van der Waals surface area contributed by atoms with Gasteiger partial charge in [0, 0.05) is 3.57 Å². The predicted octanol–water partition coefficient (Wildman–Crippen LogP) is 1.62. The highest BCUT2D eigenvalue weighted by Crippen LogP contribution is 2.19. The van der Waals surface area contributed by atoms with E-state index in [4.69, 9.17) is 4.74 Å². The number of halogens is 1. The summed E-state index contributed by atoms with van der Waals surface area (Å²) in [4.78, 5) is 12.0. The van der Waals surface area contributed by atoms with Gasteiger partial charge < -0.3 is 10.1 Å². The molecular weight excluding hydrogens is 421 g/mol. The van der Waals surface area contributed by atoms with E-state index in [-0.39, 0.29) is 16.9 Å². The van der Waals surface area contributed by atoms with E-state index in [1.807, 2.05) is 22.6 Å². The van der Waals surface area contributed by atoms with E-state index in [1.165, 1.54) is 13.2 Å². The van der Waals surface area contributed by atoms with Crippen LogP contribution in [0.15, 0.2) is 33.6 Å². The molecule has 0 amide bonds. The third kappa shape index (κ3) is 4.10. The van der Waals surface area contributed by atoms with Crippen molar-refractivity contribution in [3.63, 3.8) is 0 Å². The van der Waals surface area contributed by atoms with Gasteiger partial charge >= 0.3 is 6.01 Å². The van der Waals surface area contributed by atoms with Gasteiger partial charge in [0.25, 0.3) is 10.0 Å². The molecule has 0 atom stereocenters. The SMILES string of the molecule is COc1nc(C)nc(NC=NS(=O)(=O)c2ccccc2I)n1. The molecule has 0 radical (unpaired) electrons.